The Hall–Kier alpha value is -3.21. The van der Waals surface area contributed by atoms with Crippen LogP contribution >= 0.6 is 28.3 Å². The smallest absolute Gasteiger partial charge is 0.190 e. The molecule has 4 aromatic carbocycles. The lowest BCUT2D eigenvalue weighted by atomic mass is 10.0. The van der Waals surface area contributed by atoms with E-state index in [9.17, 15) is 0 Å². The van der Waals surface area contributed by atoms with Gasteiger partial charge in [0.1, 0.15) is 0 Å². The van der Waals surface area contributed by atoms with Gasteiger partial charge >= 0.3 is 0 Å². The van der Waals surface area contributed by atoms with E-state index in [0.717, 1.165) is 23.5 Å². The predicted molar refractivity (Wildman–Crippen MR) is 145 cm³/mol. The number of aryl methyl sites for hydroxylation is 1. The lowest BCUT2D eigenvalue weighted by Gasteiger charge is -2.10. The van der Waals surface area contributed by atoms with Crippen molar-refractivity contribution < 1.29 is 0 Å². The summed E-state index contributed by atoms with van der Waals surface area (Å²) in [6.45, 7) is 0.884. The van der Waals surface area contributed by atoms with E-state index in [4.69, 9.17) is 4.99 Å². The number of hydrogen-bond acceptors (Lipinski definition) is 2. The highest BCUT2D eigenvalue weighted by molar-refractivity contribution is 8.93. The van der Waals surface area contributed by atoms with Crippen molar-refractivity contribution in [2.75, 3.05) is 0 Å². The van der Waals surface area contributed by atoms with Crippen molar-refractivity contribution >= 4 is 34.0 Å². The molecule has 5 rings (SSSR count). The molecule has 5 aromatic rings. The molecule has 164 valence electrons. The molecule has 1 heterocycles. The molecular weight excluding hydrogens is 488 g/mol. The third kappa shape index (κ3) is 5.59. The van der Waals surface area contributed by atoms with Crippen molar-refractivity contribution in [3.8, 4) is 22.4 Å². The highest BCUT2D eigenvalue weighted by Gasteiger charge is 2.09. The maximum absolute atomic E-state index is 4.95. The Balaban J connectivity index is 0.00000259. The van der Waals surface area contributed by atoms with Crippen molar-refractivity contribution in [3.05, 3.63) is 131 Å². The summed E-state index contributed by atoms with van der Waals surface area (Å²) in [5.74, 6) is 0. The first-order chi connectivity index (χ1) is 15.9. The van der Waals surface area contributed by atoms with E-state index in [2.05, 4.69) is 107 Å². The third-order valence-electron chi connectivity index (χ3n) is 5.53. The van der Waals surface area contributed by atoms with Crippen LogP contribution in [0.5, 0.6) is 0 Å². The molecule has 33 heavy (non-hydrogen) atoms. The topological polar surface area (TPSA) is 17.3 Å². The Morgan fingerprint density at radius 2 is 1.15 bits per heavy atom. The van der Waals surface area contributed by atoms with Gasteiger partial charge in [-0.3, -0.25) is 0 Å². The standard InChI is InChI=1S/C29H24N2S.BrH/c1-4-10-23(11-5-1)20-21-31-28(22-32-29(31)30-27-14-8-3-9-15-27)26-18-16-25(17-19-26)24-12-6-2-7-13-24;/h1-19,22H,20-21H2;1H. The largest absolute Gasteiger partial charge is 0.316 e. The van der Waals surface area contributed by atoms with Crippen LogP contribution in [0.2, 0.25) is 0 Å². The van der Waals surface area contributed by atoms with Gasteiger partial charge in [0.25, 0.3) is 0 Å². The van der Waals surface area contributed by atoms with Crippen LogP contribution in [0.4, 0.5) is 5.69 Å². The van der Waals surface area contributed by atoms with Gasteiger partial charge in [-0.05, 0) is 40.8 Å². The highest BCUT2D eigenvalue weighted by Crippen LogP contribution is 2.26. The predicted octanol–water partition coefficient (Wildman–Crippen LogP) is 7.94. The molecule has 4 heteroatoms. The minimum Gasteiger partial charge on any atom is -0.316 e. The van der Waals surface area contributed by atoms with Crippen molar-refractivity contribution in [3.63, 3.8) is 0 Å². The molecule has 0 bridgehead atoms. The summed E-state index contributed by atoms with van der Waals surface area (Å²) in [6.07, 6.45) is 0.967. The van der Waals surface area contributed by atoms with E-state index in [0.29, 0.717) is 0 Å². The van der Waals surface area contributed by atoms with Gasteiger partial charge in [-0.25, -0.2) is 4.99 Å². The zero-order chi connectivity index (χ0) is 21.6. The second-order valence-electron chi connectivity index (χ2n) is 7.68. The first-order valence-corrected chi connectivity index (χ1v) is 11.7. The lowest BCUT2D eigenvalue weighted by Crippen LogP contribution is -2.17. The summed E-state index contributed by atoms with van der Waals surface area (Å²) in [5.41, 5.74) is 7.20. The summed E-state index contributed by atoms with van der Waals surface area (Å²) >= 11 is 1.70. The fourth-order valence-corrected chi connectivity index (χ4v) is 4.78. The Morgan fingerprint density at radius 1 is 0.606 bits per heavy atom. The van der Waals surface area contributed by atoms with Gasteiger partial charge < -0.3 is 4.57 Å². The van der Waals surface area contributed by atoms with Gasteiger partial charge in [0.15, 0.2) is 4.80 Å². The molecule has 0 saturated carbocycles. The molecule has 0 atom stereocenters. The fraction of sp³-hybridized carbons (Fsp3) is 0.0690. The molecule has 0 N–H and O–H groups in total. The average Bonchev–Trinajstić information content (AvgIpc) is 3.27. The Labute approximate surface area is 209 Å². The van der Waals surface area contributed by atoms with Crippen molar-refractivity contribution in [1.29, 1.82) is 0 Å². The monoisotopic (exact) mass is 512 g/mol. The molecule has 1 aromatic heterocycles. The van der Waals surface area contributed by atoms with Crippen LogP contribution in [-0.4, -0.2) is 4.57 Å². The zero-order valence-corrected chi connectivity index (χ0v) is 20.7. The van der Waals surface area contributed by atoms with Crippen molar-refractivity contribution in [2.24, 2.45) is 4.99 Å². The van der Waals surface area contributed by atoms with Gasteiger partial charge in [-0.15, -0.1) is 28.3 Å². The number of nitrogens with zero attached hydrogens (tertiary/aromatic N) is 2. The van der Waals surface area contributed by atoms with E-state index in [1.165, 1.54) is 27.9 Å². The molecule has 2 nitrogen and oxygen atoms in total. The molecule has 0 saturated heterocycles. The minimum atomic E-state index is 0. The number of para-hydroxylation sites is 1. The van der Waals surface area contributed by atoms with Crippen molar-refractivity contribution in [2.45, 2.75) is 13.0 Å². The Kier molecular flexibility index (Phi) is 7.71. The molecule has 0 radical (unpaired) electrons. The number of thiazole rings is 1. The number of rotatable bonds is 6. The third-order valence-corrected chi connectivity index (χ3v) is 6.40. The maximum atomic E-state index is 4.95. The number of halogens is 1. The lowest BCUT2D eigenvalue weighted by molar-refractivity contribution is 0.684. The summed E-state index contributed by atoms with van der Waals surface area (Å²) in [4.78, 5) is 5.97. The molecule has 0 aliphatic rings. The zero-order valence-electron chi connectivity index (χ0n) is 18.2. The Bertz CT molecular complexity index is 1340. The summed E-state index contributed by atoms with van der Waals surface area (Å²) < 4.78 is 2.35. The average molecular weight is 514 g/mol. The van der Waals surface area contributed by atoms with Crippen LogP contribution in [0.25, 0.3) is 22.4 Å². The van der Waals surface area contributed by atoms with E-state index in [1.807, 2.05) is 18.2 Å². The van der Waals surface area contributed by atoms with Crippen LogP contribution in [0.15, 0.2) is 126 Å². The van der Waals surface area contributed by atoms with Crippen molar-refractivity contribution in [1.82, 2.24) is 4.57 Å². The van der Waals surface area contributed by atoms with Gasteiger partial charge in [0, 0.05) is 11.9 Å². The van der Waals surface area contributed by atoms with Crippen LogP contribution in [0.3, 0.4) is 0 Å². The van der Waals surface area contributed by atoms with Crippen LogP contribution in [-0.2, 0) is 13.0 Å². The molecule has 0 aliphatic carbocycles. The summed E-state index contributed by atoms with van der Waals surface area (Å²) in [6, 6.07) is 40.2. The van der Waals surface area contributed by atoms with E-state index < -0.39 is 0 Å². The quantitative estimate of drug-likeness (QED) is 0.219. The SMILES string of the molecule is Br.c1ccc(CCn2c(-c3ccc(-c4ccccc4)cc3)csc2=Nc2ccccc2)cc1. The van der Waals surface area contributed by atoms with Gasteiger partial charge in [0.2, 0.25) is 0 Å². The van der Waals surface area contributed by atoms with Gasteiger partial charge in [-0.1, -0.05) is 103 Å². The first-order valence-electron chi connectivity index (χ1n) is 10.8. The second-order valence-corrected chi connectivity index (χ2v) is 8.52. The molecule has 0 spiro atoms. The summed E-state index contributed by atoms with van der Waals surface area (Å²) in [5, 5.41) is 2.23. The number of aromatic nitrogens is 1. The van der Waals surface area contributed by atoms with Gasteiger partial charge in [0.05, 0.1) is 11.4 Å². The molecule has 0 unspecified atom stereocenters. The van der Waals surface area contributed by atoms with E-state index >= 15 is 0 Å². The number of hydrogen-bond donors (Lipinski definition) is 0. The van der Waals surface area contributed by atoms with Gasteiger partial charge in [-0.2, -0.15) is 0 Å². The first kappa shape index (κ1) is 23.0. The molecule has 0 fully saturated rings. The minimum absolute atomic E-state index is 0. The molecular formula is C29H25BrN2S. The van der Waals surface area contributed by atoms with E-state index in [-0.39, 0.29) is 17.0 Å². The fourth-order valence-electron chi connectivity index (χ4n) is 3.83. The normalized spacial score (nSPS) is 11.2. The number of benzene rings is 4. The van der Waals surface area contributed by atoms with Crippen LogP contribution < -0.4 is 4.80 Å². The van der Waals surface area contributed by atoms with E-state index in [1.54, 1.807) is 11.3 Å². The highest BCUT2D eigenvalue weighted by atomic mass is 79.9. The second kappa shape index (κ2) is 11.1. The van der Waals surface area contributed by atoms with Crippen LogP contribution in [0, 0.1) is 0 Å². The Morgan fingerprint density at radius 3 is 1.82 bits per heavy atom. The summed E-state index contributed by atoms with van der Waals surface area (Å²) in [7, 11) is 0. The molecule has 0 aliphatic heterocycles. The maximum Gasteiger partial charge on any atom is 0.190 e. The van der Waals surface area contributed by atoms with Crippen LogP contribution in [0.1, 0.15) is 5.56 Å². The molecule has 0 amide bonds.